The zero-order chi connectivity index (χ0) is 33.8. The molecule has 12 nitrogen and oxygen atoms in total. The van der Waals surface area contributed by atoms with Crippen LogP contribution in [0, 0.1) is 12.7 Å². The largest absolute Gasteiger partial charge is 0.496 e. The van der Waals surface area contributed by atoms with Gasteiger partial charge >= 0.3 is 0 Å². The van der Waals surface area contributed by atoms with Crippen LogP contribution in [0.15, 0.2) is 77.6 Å². The molecule has 1 fully saturated rings. The first-order valence-electron chi connectivity index (χ1n) is 15.4. The zero-order valence-corrected chi connectivity index (χ0v) is 26.4. The molecule has 3 aromatic carbocycles. The number of benzene rings is 3. The lowest BCUT2D eigenvalue weighted by molar-refractivity contribution is -0.134. The van der Waals surface area contributed by atoms with Crippen molar-refractivity contribution in [1.29, 1.82) is 0 Å². The van der Waals surface area contributed by atoms with Crippen molar-refractivity contribution in [2.24, 2.45) is 0 Å². The zero-order valence-electron chi connectivity index (χ0n) is 26.4. The maximum absolute atomic E-state index is 15.2. The average Bonchev–Trinajstić information content (AvgIpc) is 3.08. The Morgan fingerprint density at radius 3 is 2.69 bits per heavy atom. The maximum atomic E-state index is 15.2. The highest BCUT2D eigenvalue weighted by Crippen LogP contribution is 2.29. The SMILES string of the molecule is COc1cc2ccc1CNC(=O)COc1cccc(c1)-c1ccc(F)c(c1)C(=O)N[C@@H]1CN(C(=O)Cn3nc(C)ccc3=O)CC[C@@H]1O2. The summed E-state index contributed by atoms with van der Waals surface area (Å²) in [5.74, 6) is -0.795. The van der Waals surface area contributed by atoms with E-state index < -0.39 is 29.4 Å². The molecule has 0 aliphatic carbocycles. The number of methoxy groups -OCH3 is 1. The third-order valence-electron chi connectivity index (χ3n) is 8.27. The molecule has 3 aliphatic heterocycles. The summed E-state index contributed by atoms with van der Waals surface area (Å²) in [7, 11) is 1.50. The van der Waals surface area contributed by atoms with Crippen LogP contribution in [-0.2, 0) is 22.7 Å². The molecule has 0 saturated carbocycles. The molecule has 7 rings (SSSR count). The molecule has 4 heterocycles. The fraction of sp³-hybridized carbons (Fsp3) is 0.286. The monoisotopic (exact) mass is 655 g/mol. The van der Waals surface area contributed by atoms with Crippen molar-refractivity contribution >= 4 is 17.7 Å². The molecule has 0 unspecified atom stereocenters. The normalized spacial score (nSPS) is 18.0. The van der Waals surface area contributed by atoms with E-state index in [4.69, 9.17) is 14.2 Å². The van der Waals surface area contributed by atoms with Gasteiger partial charge < -0.3 is 29.7 Å². The van der Waals surface area contributed by atoms with Crippen LogP contribution in [0.1, 0.15) is 28.0 Å². The topological polar surface area (TPSA) is 141 Å². The number of carbonyl (C=O) groups excluding carboxylic acids is 3. The molecule has 3 aliphatic rings. The average molecular weight is 656 g/mol. The minimum absolute atomic E-state index is 0.0394. The number of nitrogens with zero attached hydrogens (tertiary/aromatic N) is 3. The number of carbonyl (C=O) groups is 3. The van der Waals surface area contributed by atoms with Crippen molar-refractivity contribution in [2.45, 2.75) is 38.6 Å². The van der Waals surface area contributed by atoms with Gasteiger partial charge in [-0.3, -0.25) is 19.2 Å². The lowest BCUT2D eigenvalue weighted by atomic mass is 9.99. The third kappa shape index (κ3) is 7.30. The van der Waals surface area contributed by atoms with E-state index >= 15 is 4.39 Å². The van der Waals surface area contributed by atoms with Crippen molar-refractivity contribution in [3.63, 3.8) is 0 Å². The lowest BCUT2D eigenvalue weighted by Crippen LogP contribution is -2.58. The van der Waals surface area contributed by atoms with Crippen LogP contribution in [0.5, 0.6) is 17.2 Å². The molecule has 1 aromatic heterocycles. The predicted octanol–water partition coefficient (Wildman–Crippen LogP) is 2.85. The molecule has 1 saturated heterocycles. The molecule has 4 aromatic rings. The van der Waals surface area contributed by atoms with Gasteiger partial charge in [0.25, 0.3) is 17.4 Å². The van der Waals surface area contributed by atoms with Gasteiger partial charge in [-0.15, -0.1) is 0 Å². The van der Waals surface area contributed by atoms with E-state index in [9.17, 15) is 19.2 Å². The van der Waals surface area contributed by atoms with E-state index in [1.54, 1.807) is 61.5 Å². The van der Waals surface area contributed by atoms with Crippen LogP contribution >= 0.6 is 0 Å². The number of ether oxygens (including phenoxy) is 3. The summed E-state index contributed by atoms with van der Waals surface area (Å²) < 4.78 is 33.9. The molecule has 3 amide bonds. The second kappa shape index (κ2) is 14.0. The number of hydrogen-bond acceptors (Lipinski definition) is 8. The Balaban J connectivity index is 1.33. The van der Waals surface area contributed by atoms with Gasteiger partial charge in [-0.05, 0) is 60.5 Å². The van der Waals surface area contributed by atoms with Gasteiger partial charge in [0.2, 0.25) is 5.91 Å². The van der Waals surface area contributed by atoms with Crippen molar-refractivity contribution in [3.8, 4) is 28.4 Å². The smallest absolute Gasteiger partial charge is 0.267 e. The highest BCUT2D eigenvalue weighted by molar-refractivity contribution is 5.96. The van der Waals surface area contributed by atoms with E-state index in [1.807, 2.05) is 0 Å². The van der Waals surface area contributed by atoms with Gasteiger partial charge in [-0.1, -0.05) is 18.2 Å². The molecular weight excluding hydrogens is 621 g/mol. The van der Waals surface area contributed by atoms with E-state index in [0.717, 1.165) is 4.68 Å². The number of fused-ring (bicyclic) bond motifs is 7. The molecule has 48 heavy (non-hydrogen) atoms. The van der Waals surface area contributed by atoms with Gasteiger partial charge in [-0.25, -0.2) is 9.07 Å². The van der Waals surface area contributed by atoms with Crippen LogP contribution in [0.2, 0.25) is 0 Å². The maximum Gasteiger partial charge on any atom is 0.267 e. The number of halogens is 1. The summed E-state index contributed by atoms with van der Waals surface area (Å²) in [6.45, 7) is 1.71. The molecular formula is C35H34FN5O7. The van der Waals surface area contributed by atoms with Crippen LogP contribution in [0.25, 0.3) is 11.1 Å². The number of likely N-dealkylation sites (tertiary alicyclic amines) is 1. The number of rotatable bonds is 3. The summed E-state index contributed by atoms with van der Waals surface area (Å²) in [6.07, 6.45) is -0.291. The number of piperidine rings is 1. The number of nitrogens with one attached hydrogen (secondary N) is 2. The number of aromatic nitrogens is 2. The first-order chi connectivity index (χ1) is 23.2. The molecule has 2 N–H and O–H groups in total. The second-order valence-electron chi connectivity index (χ2n) is 11.6. The molecule has 0 spiro atoms. The van der Waals surface area contributed by atoms with E-state index in [-0.39, 0.29) is 50.2 Å². The highest BCUT2D eigenvalue weighted by Gasteiger charge is 2.35. The molecule has 2 atom stereocenters. The van der Waals surface area contributed by atoms with E-state index in [2.05, 4.69) is 15.7 Å². The van der Waals surface area contributed by atoms with Crippen molar-refractivity contribution < 1.29 is 33.0 Å². The minimum Gasteiger partial charge on any atom is -0.496 e. The fourth-order valence-electron chi connectivity index (χ4n) is 5.73. The summed E-state index contributed by atoms with van der Waals surface area (Å²) in [5, 5.41) is 9.89. The Kier molecular flexibility index (Phi) is 9.37. The molecule has 13 heteroatoms. The number of hydrogen-bond donors (Lipinski definition) is 2. The number of aryl methyl sites for hydroxylation is 1. The van der Waals surface area contributed by atoms with E-state index in [1.165, 1.54) is 30.2 Å². The van der Waals surface area contributed by atoms with Crippen LogP contribution < -0.4 is 30.4 Å². The van der Waals surface area contributed by atoms with Gasteiger partial charge in [0.15, 0.2) is 6.61 Å². The fourth-order valence-corrected chi connectivity index (χ4v) is 5.73. The van der Waals surface area contributed by atoms with Crippen molar-refractivity contribution in [3.05, 3.63) is 106 Å². The van der Waals surface area contributed by atoms with Gasteiger partial charge in [-0.2, -0.15) is 5.10 Å². The Bertz CT molecular complexity index is 1930. The summed E-state index contributed by atoms with van der Waals surface area (Å²) in [4.78, 5) is 53.5. The first kappa shape index (κ1) is 32.2. The predicted molar refractivity (Wildman–Crippen MR) is 172 cm³/mol. The van der Waals surface area contributed by atoms with Gasteiger partial charge in [0, 0.05) is 43.8 Å². The minimum atomic E-state index is -0.757. The summed E-state index contributed by atoms with van der Waals surface area (Å²) in [5.41, 5.74) is 1.89. The van der Waals surface area contributed by atoms with Crippen molar-refractivity contribution in [2.75, 3.05) is 26.8 Å². The Morgan fingerprint density at radius 1 is 1.02 bits per heavy atom. The quantitative estimate of drug-likeness (QED) is 0.344. The Labute approximate surface area is 275 Å². The van der Waals surface area contributed by atoms with Gasteiger partial charge in [0.1, 0.15) is 35.7 Å². The second-order valence-corrected chi connectivity index (χ2v) is 11.6. The molecule has 248 valence electrons. The number of amides is 3. The van der Waals surface area contributed by atoms with Gasteiger partial charge in [0.05, 0.1) is 24.4 Å². The first-order valence-corrected chi connectivity index (χ1v) is 15.4. The Hall–Kier alpha value is -5.72. The Morgan fingerprint density at radius 2 is 1.85 bits per heavy atom. The van der Waals surface area contributed by atoms with Crippen LogP contribution in [-0.4, -0.2) is 71.4 Å². The standard InChI is InChI=1S/C35H34FN5O7/c1-21-6-11-33(43)41(39-21)19-34(44)40-13-12-30-29(18-40)38-35(45)27-15-23(8-10-28(27)36)22-4-3-5-25(14-22)47-20-32(42)37-17-24-7-9-26(48-30)16-31(24)46-2/h3-11,14-16,29-30H,12-13,17-20H2,1-2H3,(H,37,42)(H,38,45)/t29-,30+/m1/s1. The molecule has 6 bridgehead atoms. The van der Waals surface area contributed by atoms with Crippen LogP contribution in [0.4, 0.5) is 4.39 Å². The highest BCUT2D eigenvalue weighted by atomic mass is 19.1. The van der Waals surface area contributed by atoms with Crippen LogP contribution in [0.3, 0.4) is 0 Å². The lowest BCUT2D eigenvalue weighted by Gasteiger charge is -2.39. The van der Waals surface area contributed by atoms with E-state index in [0.29, 0.717) is 46.1 Å². The summed E-state index contributed by atoms with van der Waals surface area (Å²) in [6, 6.07) is 18.4. The third-order valence-corrected chi connectivity index (χ3v) is 8.27. The molecule has 0 radical (unpaired) electrons. The summed E-state index contributed by atoms with van der Waals surface area (Å²) >= 11 is 0. The van der Waals surface area contributed by atoms with Crippen molar-refractivity contribution in [1.82, 2.24) is 25.3 Å².